The third kappa shape index (κ3) is 3.62. The van der Waals surface area contributed by atoms with Crippen LogP contribution in [0.4, 0.5) is 19.0 Å². The summed E-state index contributed by atoms with van der Waals surface area (Å²) >= 11 is 0. The molecule has 1 saturated heterocycles. The van der Waals surface area contributed by atoms with Crippen LogP contribution in [0.3, 0.4) is 0 Å². The third-order valence-corrected chi connectivity index (χ3v) is 3.54. The fourth-order valence-electron chi connectivity index (χ4n) is 2.58. The first-order chi connectivity index (χ1) is 9.52. The maximum absolute atomic E-state index is 12.8. The summed E-state index contributed by atoms with van der Waals surface area (Å²) in [7, 11) is 0. The number of nitrogens with zero attached hydrogens (tertiary/aromatic N) is 2. The van der Waals surface area contributed by atoms with Crippen LogP contribution in [0.1, 0.15) is 31.7 Å². The van der Waals surface area contributed by atoms with Gasteiger partial charge in [0.25, 0.3) is 0 Å². The van der Waals surface area contributed by atoms with Crippen LogP contribution in [0.15, 0.2) is 18.3 Å². The molecule has 0 aromatic carbocycles. The van der Waals surface area contributed by atoms with Crippen molar-refractivity contribution in [3.8, 4) is 0 Å². The molecule has 0 amide bonds. The number of hydrogen-bond donors (Lipinski definition) is 1. The highest BCUT2D eigenvalue weighted by Crippen LogP contribution is 2.31. The Hall–Kier alpha value is -1.30. The Morgan fingerprint density at radius 1 is 1.45 bits per heavy atom. The molecular formula is C14H20F3N3. The van der Waals surface area contributed by atoms with Crippen molar-refractivity contribution in [2.45, 2.75) is 38.4 Å². The van der Waals surface area contributed by atoms with Gasteiger partial charge in [-0.05, 0) is 37.9 Å². The summed E-state index contributed by atoms with van der Waals surface area (Å²) in [4.78, 5) is 6.15. The summed E-state index contributed by atoms with van der Waals surface area (Å²) in [5, 5.41) is 3.30. The predicted octanol–water partition coefficient (Wildman–Crippen LogP) is 3.07. The van der Waals surface area contributed by atoms with Crippen molar-refractivity contribution in [3.63, 3.8) is 0 Å². The van der Waals surface area contributed by atoms with E-state index in [2.05, 4.69) is 10.3 Å². The molecule has 2 rings (SSSR count). The molecule has 0 bridgehead atoms. The minimum Gasteiger partial charge on any atom is -0.352 e. The van der Waals surface area contributed by atoms with E-state index in [0.717, 1.165) is 51.0 Å². The number of anilines is 1. The summed E-state index contributed by atoms with van der Waals surface area (Å²) in [6, 6.07) is 2.40. The van der Waals surface area contributed by atoms with Gasteiger partial charge in [-0.1, -0.05) is 6.92 Å². The van der Waals surface area contributed by atoms with Crippen LogP contribution in [-0.4, -0.2) is 30.7 Å². The zero-order chi connectivity index (χ0) is 14.6. The molecule has 1 N–H and O–H groups in total. The third-order valence-electron chi connectivity index (χ3n) is 3.54. The monoisotopic (exact) mass is 287 g/mol. The van der Waals surface area contributed by atoms with Crippen molar-refractivity contribution in [3.05, 3.63) is 23.9 Å². The van der Waals surface area contributed by atoms with E-state index >= 15 is 0 Å². The molecule has 112 valence electrons. The van der Waals surface area contributed by atoms with Gasteiger partial charge in [0.15, 0.2) is 0 Å². The van der Waals surface area contributed by atoms with Gasteiger partial charge in [-0.25, -0.2) is 4.98 Å². The molecular weight excluding hydrogens is 267 g/mol. The van der Waals surface area contributed by atoms with Crippen LogP contribution in [0.2, 0.25) is 0 Å². The lowest BCUT2D eigenvalue weighted by molar-refractivity contribution is -0.137. The highest BCUT2D eigenvalue weighted by molar-refractivity contribution is 5.43. The molecule has 1 aromatic heterocycles. The second-order valence-electron chi connectivity index (χ2n) is 5.09. The van der Waals surface area contributed by atoms with E-state index in [1.807, 2.05) is 11.8 Å². The van der Waals surface area contributed by atoms with E-state index in [9.17, 15) is 13.2 Å². The molecule has 3 nitrogen and oxygen atoms in total. The topological polar surface area (TPSA) is 28.2 Å². The molecule has 1 aromatic rings. The Bertz CT molecular complexity index is 428. The lowest BCUT2D eigenvalue weighted by Gasteiger charge is -2.35. The van der Waals surface area contributed by atoms with Gasteiger partial charge >= 0.3 is 6.18 Å². The fourth-order valence-corrected chi connectivity index (χ4v) is 2.58. The number of aromatic nitrogens is 1. The average Bonchev–Trinajstić information content (AvgIpc) is 2.45. The summed E-state index contributed by atoms with van der Waals surface area (Å²) in [5.74, 6) is 0.426. The minimum absolute atomic E-state index is 0.222. The molecule has 6 heteroatoms. The first-order valence-electron chi connectivity index (χ1n) is 7.03. The van der Waals surface area contributed by atoms with Crippen LogP contribution in [0, 0.1) is 0 Å². The number of alkyl halides is 3. The molecule has 0 radical (unpaired) electrons. The Morgan fingerprint density at radius 3 is 2.85 bits per heavy atom. The largest absolute Gasteiger partial charge is 0.416 e. The van der Waals surface area contributed by atoms with Gasteiger partial charge in [0, 0.05) is 25.3 Å². The number of rotatable bonds is 4. The van der Waals surface area contributed by atoms with Crippen LogP contribution < -0.4 is 10.2 Å². The highest BCUT2D eigenvalue weighted by Gasteiger charge is 2.32. The van der Waals surface area contributed by atoms with E-state index in [4.69, 9.17) is 0 Å². The molecule has 1 fully saturated rings. The number of hydrogen-bond acceptors (Lipinski definition) is 3. The predicted molar refractivity (Wildman–Crippen MR) is 72.8 cm³/mol. The number of pyridine rings is 1. The highest BCUT2D eigenvalue weighted by atomic mass is 19.4. The lowest BCUT2D eigenvalue weighted by atomic mass is 10.1. The van der Waals surface area contributed by atoms with Crippen molar-refractivity contribution >= 4 is 5.82 Å². The van der Waals surface area contributed by atoms with Crippen LogP contribution >= 0.6 is 0 Å². The van der Waals surface area contributed by atoms with E-state index in [0.29, 0.717) is 5.82 Å². The van der Waals surface area contributed by atoms with Crippen molar-refractivity contribution in [2.24, 2.45) is 0 Å². The Kier molecular flexibility index (Phi) is 4.86. The molecule has 1 unspecified atom stereocenters. The molecule has 1 aliphatic rings. The summed E-state index contributed by atoms with van der Waals surface area (Å²) in [6.07, 6.45) is -0.152. The van der Waals surface area contributed by atoms with Gasteiger partial charge in [-0.3, -0.25) is 0 Å². The maximum Gasteiger partial charge on any atom is 0.416 e. The molecule has 0 saturated carbocycles. The zero-order valence-corrected chi connectivity index (χ0v) is 11.6. The van der Waals surface area contributed by atoms with E-state index in [-0.39, 0.29) is 6.04 Å². The first kappa shape index (κ1) is 15.1. The second kappa shape index (κ2) is 6.43. The zero-order valence-electron chi connectivity index (χ0n) is 11.6. The normalized spacial score (nSPS) is 19.9. The molecule has 0 aliphatic carbocycles. The van der Waals surface area contributed by atoms with E-state index in [1.165, 1.54) is 6.20 Å². The Morgan fingerprint density at radius 2 is 2.25 bits per heavy atom. The summed E-state index contributed by atoms with van der Waals surface area (Å²) in [5.41, 5.74) is -0.632. The van der Waals surface area contributed by atoms with Gasteiger partial charge in [0.2, 0.25) is 0 Å². The molecule has 1 aliphatic heterocycles. The van der Waals surface area contributed by atoms with Crippen molar-refractivity contribution < 1.29 is 13.2 Å². The van der Waals surface area contributed by atoms with Crippen molar-refractivity contribution in [1.82, 2.24) is 10.3 Å². The Labute approximate surface area is 117 Å². The average molecular weight is 287 g/mol. The summed E-state index contributed by atoms with van der Waals surface area (Å²) < 4.78 is 38.4. The van der Waals surface area contributed by atoms with Crippen molar-refractivity contribution in [1.29, 1.82) is 0 Å². The second-order valence-corrected chi connectivity index (χ2v) is 5.09. The SMILES string of the molecule is CCCN(c1cc(C(F)(F)F)ccn1)C1CCCNC1. The standard InChI is InChI=1S/C14H20F3N3/c1-2-8-20(12-4-3-6-18-10-12)13-9-11(5-7-19-13)14(15,16)17/h5,7,9,12,18H,2-4,6,8,10H2,1H3. The molecule has 2 heterocycles. The van der Waals surface area contributed by atoms with Crippen LogP contribution in [-0.2, 0) is 6.18 Å². The number of piperidine rings is 1. The quantitative estimate of drug-likeness (QED) is 0.922. The minimum atomic E-state index is -4.32. The van der Waals surface area contributed by atoms with Gasteiger partial charge in [-0.2, -0.15) is 13.2 Å². The van der Waals surface area contributed by atoms with E-state index < -0.39 is 11.7 Å². The number of nitrogens with one attached hydrogen (secondary N) is 1. The maximum atomic E-state index is 12.8. The summed E-state index contributed by atoms with van der Waals surface area (Å²) in [6.45, 7) is 4.53. The molecule has 20 heavy (non-hydrogen) atoms. The molecule has 0 spiro atoms. The van der Waals surface area contributed by atoms with Crippen molar-refractivity contribution in [2.75, 3.05) is 24.5 Å². The smallest absolute Gasteiger partial charge is 0.352 e. The Balaban J connectivity index is 2.24. The van der Waals surface area contributed by atoms with Crippen LogP contribution in [0.5, 0.6) is 0 Å². The number of halogens is 3. The van der Waals surface area contributed by atoms with Crippen LogP contribution in [0.25, 0.3) is 0 Å². The lowest BCUT2D eigenvalue weighted by Crippen LogP contribution is -2.46. The first-order valence-corrected chi connectivity index (χ1v) is 7.03. The van der Waals surface area contributed by atoms with Gasteiger partial charge < -0.3 is 10.2 Å². The van der Waals surface area contributed by atoms with Gasteiger partial charge in [0.1, 0.15) is 5.82 Å². The van der Waals surface area contributed by atoms with E-state index in [1.54, 1.807) is 0 Å². The fraction of sp³-hybridized carbons (Fsp3) is 0.643. The molecule has 1 atom stereocenters. The van der Waals surface area contributed by atoms with Gasteiger partial charge in [0.05, 0.1) is 5.56 Å². The van der Waals surface area contributed by atoms with Gasteiger partial charge in [-0.15, -0.1) is 0 Å².